The minimum absolute atomic E-state index is 0. The van der Waals surface area contributed by atoms with E-state index in [0.29, 0.717) is 41.9 Å². The monoisotopic (exact) mass is 625 g/mol. The van der Waals surface area contributed by atoms with Crippen molar-refractivity contribution >= 4 is 46.9 Å². The molecule has 230 valence electrons. The normalized spacial score (nSPS) is 10.9. The number of ether oxygens (including phenoxy) is 1. The van der Waals surface area contributed by atoms with Gasteiger partial charge in [0.1, 0.15) is 41.0 Å². The second-order valence-corrected chi connectivity index (χ2v) is 9.96. The summed E-state index contributed by atoms with van der Waals surface area (Å²) in [4.78, 5) is 34.4. The molecule has 0 aliphatic carbocycles. The highest BCUT2D eigenvalue weighted by molar-refractivity contribution is 5.93. The maximum atomic E-state index is 15.0. The number of benzene rings is 1. The number of likely N-dealkylation sites (N-methyl/N-ethyl adjacent to an activating group) is 1. The van der Waals surface area contributed by atoms with Crippen molar-refractivity contribution in [2.45, 2.75) is 26.8 Å². The van der Waals surface area contributed by atoms with Gasteiger partial charge in [-0.3, -0.25) is 10.0 Å². The van der Waals surface area contributed by atoms with Gasteiger partial charge in [-0.05, 0) is 57.2 Å². The van der Waals surface area contributed by atoms with E-state index in [1.165, 1.54) is 18.5 Å². The second kappa shape index (κ2) is 13.6. The Kier molecular flexibility index (Phi) is 9.86. The molecule has 4 heterocycles. The van der Waals surface area contributed by atoms with Gasteiger partial charge in [0.15, 0.2) is 11.6 Å². The van der Waals surface area contributed by atoms with Crippen LogP contribution in [0.5, 0.6) is 5.75 Å². The minimum Gasteiger partial charge on any atom is -0.490 e. The Hall–Kier alpha value is -4.95. The van der Waals surface area contributed by atoms with Gasteiger partial charge in [-0.25, -0.2) is 39.2 Å². The number of pyridine rings is 2. The van der Waals surface area contributed by atoms with E-state index in [2.05, 4.69) is 30.2 Å². The first-order chi connectivity index (χ1) is 20.6. The molecule has 0 saturated heterocycles. The summed E-state index contributed by atoms with van der Waals surface area (Å²) in [5.74, 6) is 0.389. The van der Waals surface area contributed by atoms with Gasteiger partial charge in [0.2, 0.25) is 5.95 Å². The first kappa shape index (κ1) is 32.0. The zero-order valence-electron chi connectivity index (χ0n) is 24.2. The van der Waals surface area contributed by atoms with Crippen LogP contribution in [0, 0.1) is 18.6 Å². The summed E-state index contributed by atoms with van der Waals surface area (Å²) in [6.45, 7) is 6.56. The van der Waals surface area contributed by atoms with Gasteiger partial charge in [0.25, 0.3) is 5.91 Å². The summed E-state index contributed by atoms with van der Waals surface area (Å²) in [5.41, 5.74) is 2.78. The van der Waals surface area contributed by atoms with E-state index >= 15 is 0 Å². The number of halogens is 3. The Balaban J connectivity index is 0.00000442. The Morgan fingerprint density at radius 1 is 1.05 bits per heavy atom. The molecular formula is C29H30ClF2N9O3. The molecule has 0 radical (unpaired) electrons. The van der Waals surface area contributed by atoms with Crippen molar-refractivity contribution < 1.29 is 23.5 Å². The average Bonchev–Trinajstić information content (AvgIpc) is 3.35. The Morgan fingerprint density at radius 2 is 1.84 bits per heavy atom. The van der Waals surface area contributed by atoms with Crippen molar-refractivity contribution in [3.8, 4) is 17.0 Å². The molecule has 0 spiro atoms. The van der Waals surface area contributed by atoms with Crippen LogP contribution in [0.1, 0.15) is 36.1 Å². The van der Waals surface area contributed by atoms with Crippen LogP contribution in [0.4, 0.5) is 26.4 Å². The number of imidazole rings is 1. The van der Waals surface area contributed by atoms with Crippen LogP contribution in [0.25, 0.3) is 22.3 Å². The molecule has 5 aromatic rings. The zero-order valence-corrected chi connectivity index (χ0v) is 25.1. The van der Waals surface area contributed by atoms with Crippen molar-refractivity contribution in [3.05, 3.63) is 78.0 Å². The minimum atomic E-state index is -0.694. The van der Waals surface area contributed by atoms with Crippen LogP contribution in [-0.2, 0) is 0 Å². The quantitative estimate of drug-likeness (QED) is 0.139. The van der Waals surface area contributed by atoms with E-state index in [0.717, 1.165) is 6.20 Å². The molecule has 0 atom stereocenters. The number of anilines is 3. The Bertz CT molecular complexity index is 1770. The average molecular weight is 626 g/mol. The molecule has 0 bridgehead atoms. The maximum absolute atomic E-state index is 15.0. The highest BCUT2D eigenvalue weighted by Gasteiger charge is 2.18. The van der Waals surface area contributed by atoms with E-state index < -0.39 is 17.5 Å². The van der Waals surface area contributed by atoms with Crippen molar-refractivity contribution in [3.63, 3.8) is 0 Å². The molecule has 1 amide bonds. The van der Waals surface area contributed by atoms with E-state index in [1.807, 2.05) is 30.4 Å². The van der Waals surface area contributed by atoms with E-state index in [4.69, 9.17) is 9.94 Å². The summed E-state index contributed by atoms with van der Waals surface area (Å²) < 4.78 is 37.5. The van der Waals surface area contributed by atoms with Crippen molar-refractivity contribution in [2.75, 3.05) is 30.4 Å². The molecule has 0 saturated carbocycles. The number of aryl methyl sites for hydroxylation is 1. The summed E-state index contributed by atoms with van der Waals surface area (Å²) in [5, 5.41) is 11.6. The molecule has 4 aromatic heterocycles. The van der Waals surface area contributed by atoms with Gasteiger partial charge < -0.3 is 19.5 Å². The summed E-state index contributed by atoms with van der Waals surface area (Å²) in [7, 11) is 1.83. The number of rotatable bonds is 10. The Labute approximate surface area is 257 Å². The van der Waals surface area contributed by atoms with Crippen LogP contribution in [0.15, 0.2) is 55.0 Å². The number of hydrogen-bond donors (Lipinski definition) is 3. The number of carbonyl (C=O) groups excluding carboxylic acids is 1. The van der Waals surface area contributed by atoms with Crippen LogP contribution in [-0.4, -0.2) is 60.8 Å². The van der Waals surface area contributed by atoms with Gasteiger partial charge in [0.05, 0.1) is 30.0 Å². The molecule has 15 heteroatoms. The summed E-state index contributed by atoms with van der Waals surface area (Å²) >= 11 is 0. The maximum Gasteiger partial charge on any atom is 0.276 e. The van der Waals surface area contributed by atoms with Crippen molar-refractivity contribution in [1.29, 1.82) is 0 Å². The predicted octanol–water partition coefficient (Wildman–Crippen LogP) is 5.25. The molecule has 0 aliphatic heterocycles. The molecule has 5 rings (SSSR count). The number of nitrogens with zero attached hydrogens (tertiary/aromatic N) is 7. The standard InChI is InChI=1S/C29H29F2N9O3.ClH/c1-16(2)40-17(3)35-27-21(30)11-19(12-23(27)40)26-22(31)15-34-29(37-26)36-24-7-6-20(14-32-24)43-10-9-39(4)25-8-5-18(13-33-25)28(41)38-42;/h5-8,11-16,42H,9-10H2,1-4H3,(H,38,41)(H,32,34,36,37);1H. The largest absolute Gasteiger partial charge is 0.490 e. The van der Waals surface area contributed by atoms with E-state index in [9.17, 15) is 13.6 Å². The molecule has 0 unspecified atom stereocenters. The second-order valence-electron chi connectivity index (χ2n) is 9.96. The molecule has 0 aliphatic rings. The number of aromatic nitrogens is 6. The van der Waals surface area contributed by atoms with Crippen molar-refractivity contribution in [2.24, 2.45) is 0 Å². The topological polar surface area (TPSA) is 143 Å². The Morgan fingerprint density at radius 3 is 2.50 bits per heavy atom. The molecule has 1 aromatic carbocycles. The zero-order chi connectivity index (χ0) is 30.7. The molecule has 0 fully saturated rings. The fourth-order valence-corrected chi connectivity index (χ4v) is 4.57. The third-order valence-electron chi connectivity index (χ3n) is 6.63. The smallest absolute Gasteiger partial charge is 0.276 e. The number of carbonyl (C=O) groups is 1. The third kappa shape index (κ3) is 6.82. The van der Waals surface area contributed by atoms with Crippen LogP contribution in [0.3, 0.4) is 0 Å². The highest BCUT2D eigenvalue weighted by atomic mass is 35.5. The van der Waals surface area contributed by atoms with Gasteiger partial charge >= 0.3 is 0 Å². The lowest BCUT2D eigenvalue weighted by atomic mass is 10.1. The van der Waals surface area contributed by atoms with E-state index in [1.54, 1.807) is 42.7 Å². The molecule has 3 N–H and O–H groups in total. The van der Waals surface area contributed by atoms with Crippen molar-refractivity contribution in [1.82, 2.24) is 35.0 Å². The lowest BCUT2D eigenvalue weighted by molar-refractivity contribution is 0.0706. The fraction of sp³-hybridized carbons (Fsp3) is 0.241. The first-order valence-corrected chi connectivity index (χ1v) is 13.3. The number of hydrogen-bond acceptors (Lipinski definition) is 10. The van der Waals surface area contributed by atoms with Gasteiger partial charge in [-0.15, -0.1) is 12.4 Å². The van der Waals surface area contributed by atoms with Gasteiger partial charge in [-0.1, -0.05) is 0 Å². The van der Waals surface area contributed by atoms with E-state index in [-0.39, 0.29) is 46.7 Å². The lowest BCUT2D eigenvalue weighted by Crippen LogP contribution is -2.25. The van der Waals surface area contributed by atoms with Gasteiger partial charge in [0, 0.05) is 24.8 Å². The summed E-state index contributed by atoms with van der Waals surface area (Å²) in [6.07, 6.45) is 3.91. The van der Waals surface area contributed by atoms with Crippen LogP contribution >= 0.6 is 12.4 Å². The third-order valence-corrected chi connectivity index (χ3v) is 6.63. The number of nitrogens with one attached hydrogen (secondary N) is 2. The summed E-state index contributed by atoms with van der Waals surface area (Å²) in [6, 6.07) is 9.50. The fourth-order valence-electron chi connectivity index (χ4n) is 4.57. The van der Waals surface area contributed by atoms with Crippen LogP contribution in [0.2, 0.25) is 0 Å². The van der Waals surface area contributed by atoms with Gasteiger partial charge in [-0.2, -0.15) is 0 Å². The number of amides is 1. The highest BCUT2D eigenvalue weighted by Crippen LogP contribution is 2.30. The number of hydroxylamine groups is 1. The van der Waals surface area contributed by atoms with Crippen LogP contribution < -0.4 is 20.4 Å². The molecule has 12 nitrogen and oxygen atoms in total. The SMILES string of the molecule is Cc1nc2c(F)cc(-c3nc(Nc4ccc(OCCN(C)c5ccc(C(=O)NO)cn5)cn4)ncc3F)cc2n1C(C)C.Cl. The molecular weight excluding hydrogens is 596 g/mol. The first-order valence-electron chi connectivity index (χ1n) is 13.3. The predicted molar refractivity (Wildman–Crippen MR) is 163 cm³/mol. The molecule has 44 heavy (non-hydrogen) atoms. The lowest BCUT2D eigenvalue weighted by Gasteiger charge is -2.18. The number of fused-ring (bicyclic) bond motifs is 1.